The SMILES string of the molecule is CC(=N)n1ccc(CNC(=O)C2CCCN2)cc1=N. The minimum absolute atomic E-state index is 0.0176. The van der Waals surface area contributed by atoms with Crippen LogP contribution in [0, 0.1) is 10.8 Å². The van der Waals surface area contributed by atoms with E-state index in [-0.39, 0.29) is 17.4 Å². The summed E-state index contributed by atoms with van der Waals surface area (Å²) < 4.78 is 1.48. The average Bonchev–Trinajstić information content (AvgIpc) is 2.89. The molecule has 1 aromatic heterocycles. The zero-order valence-corrected chi connectivity index (χ0v) is 11.0. The Kier molecular flexibility index (Phi) is 4.11. The van der Waals surface area contributed by atoms with E-state index in [4.69, 9.17) is 10.8 Å². The predicted octanol–water partition coefficient (Wildman–Crippen LogP) is 0.181. The molecule has 1 aliphatic rings. The van der Waals surface area contributed by atoms with Crippen LogP contribution < -0.4 is 16.1 Å². The Bertz CT molecular complexity index is 542. The van der Waals surface area contributed by atoms with Gasteiger partial charge in [0, 0.05) is 12.7 Å². The number of pyridine rings is 1. The number of rotatable bonds is 3. The second kappa shape index (κ2) is 5.79. The topological polar surface area (TPSA) is 93.8 Å². The van der Waals surface area contributed by atoms with Crippen LogP contribution in [0.2, 0.25) is 0 Å². The third kappa shape index (κ3) is 3.29. The van der Waals surface area contributed by atoms with E-state index in [0.29, 0.717) is 12.4 Å². The molecule has 0 aliphatic carbocycles. The molecule has 2 rings (SSSR count). The van der Waals surface area contributed by atoms with E-state index >= 15 is 0 Å². The molecule has 1 aliphatic heterocycles. The highest BCUT2D eigenvalue weighted by atomic mass is 16.2. The smallest absolute Gasteiger partial charge is 0.237 e. The van der Waals surface area contributed by atoms with Crippen LogP contribution in [-0.2, 0) is 11.3 Å². The first-order valence-electron chi connectivity index (χ1n) is 6.41. The quantitative estimate of drug-likeness (QED) is 0.461. The van der Waals surface area contributed by atoms with Gasteiger partial charge in [0.05, 0.1) is 6.04 Å². The van der Waals surface area contributed by atoms with Crippen LogP contribution >= 0.6 is 0 Å². The Morgan fingerprint density at radius 2 is 2.42 bits per heavy atom. The van der Waals surface area contributed by atoms with E-state index < -0.39 is 0 Å². The van der Waals surface area contributed by atoms with Crippen molar-refractivity contribution >= 4 is 11.7 Å². The zero-order chi connectivity index (χ0) is 13.8. The summed E-state index contributed by atoms with van der Waals surface area (Å²) >= 11 is 0. The number of hydrogen-bond donors (Lipinski definition) is 4. The lowest BCUT2D eigenvalue weighted by molar-refractivity contribution is -0.122. The van der Waals surface area contributed by atoms with Gasteiger partial charge in [-0.1, -0.05) is 0 Å². The summed E-state index contributed by atoms with van der Waals surface area (Å²) in [6, 6.07) is 3.41. The molecular weight excluding hydrogens is 242 g/mol. The molecule has 1 fully saturated rings. The zero-order valence-electron chi connectivity index (χ0n) is 11.0. The number of aromatic nitrogens is 1. The van der Waals surface area contributed by atoms with E-state index in [2.05, 4.69) is 10.6 Å². The molecule has 1 atom stereocenters. The number of carbonyl (C=O) groups excluding carboxylic acids is 1. The molecule has 1 saturated heterocycles. The van der Waals surface area contributed by atoms with Crippen molar-refractivity contribution in [3.05, 3.63) is 29.4 Å². The summed E-state index contributed by atoms with van der Waals surface area (Å²) in [5.41, 5.74) is 1.12. The van der Waals surface area contributed by atoms with Gasteiger partial charge in [0.25, 0.3) is 0 Å². The molecule has 0 aromatic carbocycles. The lowest BCUT2D eigenvalue weighted by atomic mass is 10.2. The molecule has 0 radical (unpaired) electrons. The second-order valence-electron chi connectivity index (χ2n) is 4.74. The highest BCUT2D eigenvalue weighted by Gasteiger charge is 2.21. The van der Waals surface area contributed by atoms with E-state index in [1.165, 1.54) is 4.57 Å². The molecule has 102 valence electrons. The van der Waals surface area contributed by atoms with Crippen molar-refractivity contribution in [3.63, 3.8) is 0 Å². The summed E-state index contributed by atoms with van der Waals surface area (Å²) in [6.07, 6.45) is 3.61. The molecule has 4 N–H and O–H groups in total. The van der Waals surface area contributed by atoms with E-state index in [9.17, 15) is 4.79 Å². The first kappa shape index (κ1) is 13.5. The average molecular weight is 261 g/mol. The van der Waals surface area contributed by atoms with Gasteiger partial charge in [-0.05, 0) is 44.0 Å². The van der Waals surface area contributed by atoms with Crippen LogP contribution in [0.1, 0.15) is 25.3 Å². The first-order chi connectivity index (χ1) is 9.08. The lowest BCUT2D eigenvalue weighted by Crippen LogP contribution is -2.40. The Morgan fingerprint density at radius 1 is 1.63 bits per heavy atom. The van der Waals surface area contributed by atoms with Gasteiger partial charge < -0.3 is 10.6 Å². The van der Waals surface area contributed by atoms with E-state index in [0.717, 1.165) is 24.9 Å². The Hall–Kier alpha value is -1.95. The van der Waals surface area contributed by atoms with Crippen molar-refractivity contribution in [2.75, 3.05) is 6.54 Å². The number of nitrogens with one attached hydrogen (secondary N) is 4. The standard InChI is InChI=1S/C13H19N5O/c1-9(14)18-6-4-10(7-12(18)15)8-17-13(19)11-3-2-5-16-11/h4,6-7,11,14-16H,2-3,5,8H2,1H3,(H,17,19). The Morgan fingerprint density at radius 3 is 3.00 bits per heavy atom. The molecule has 0 bridgehead atoms. The molecule has 2 heterocycles. The fourth-order valence-corrected chi connectivity index (χ4v) is 2.17. The van der Waals surface area contributed by atoms with Crippen LogP contribution in [0.15, 0.2) is 18.3 Å². The minimum atomic E-state index is -0.0760. The van der Waals surface area contributed by atoms with Gasteiger partial charge in [-0.2, -0.15) is 0 Å². The van der Waals surface area contributed by atoms with Crippen molar-refractivity contribution in [2.24, 2.45) is 0 Å². The van der Waals surface area contributed by atoms with Gasteiger partial charge in [-0.3, -0.25) is 20.2 Å². The number of nitrogens with zero attached hydrogens (tertiary/aromatic N) is 1. The third-order valence-electron chi connectivity index (χ3n) is 3.22. The summed E-state index contributed by atoms with van der Waals surface area (Å²) in [6.45, 7) is 2.95. The third-order valence-corrected chi connectivity index (χ3v) is 3.22. The molecule has 6 nitrogen and oxygen atoms in total. The van der Waals surface area contributed by atoms with Gasteiger partial charge in [0.1, 0.15) is 11.3 Å². The second-order valence-corrected chi connectivity index (χ2v) is 4.74. The molecular formula is C13H19N5O. The van der Waals surface area contributed by atoms with Crippen molar-refractivity contribution in [2.45, 2.75) is 32.4 Å². The summed E-state index contributed by atoms with van der Waals surface area (Å²) in [7, 11) is 0. The maximum Gasteiger partial charge on any atom is 0.237 e. The molecule has 19 heavy (non-hydrogen) atoms. The lowest BCUT2D eigenvalue weighted by Gasteiger charge is -2.11. The summed E-state index contributed by atoms with van der Waals surface area (Å²) in [4.78, 5) is 11.8. The number of carbonyl (C=O) groups is 1. The molecule has 0 saturated carbocycles. The molecule has 1 aromatic rings. The molecule has 0 spiro atoms. The van der Waals surface area contributed by atoms with Crippen LogP contribution in [0.3, 0.4) is 0 Å². The Balaban J connectivity index is 1.96. The maximum absolute atomic E-state index is 11.8. The van der Waals surface area contributed by atoms with Crippen molar-refractivity contribution in [3.8, 4) is 0 Å². The van der Waals surface area contributed by atoms with Gasteiger partial charge >= 0.3 is 0 Å². The first-order valence-corrected chi connectivity index (χ1v) is 6.41. The molecule has 1 unspecified atom stereocenters. The van der Waals surface area contributed by atoms with Crippen molar-refractivity contribution in [1.82, 2.24) is 15.2 Å². The minimum Gasteiger partial charge on any atom is -0.351 e. The molecule has 6 heteroatoms. The molecule has 1 amide bonds. The Labute approximate surface area is 111 Å². The predicted molar refractivity (Wildman–Crippen MR) is 72.0 cm³/mol. The summed E-state index contributed by atoms with van der Waals surface area (Å²) in [5, 5.41) is 21.3. The van der Waals surface area contributed by atoms with Gasteiger partial charge in [0.15, 0.2) is 0 Å². The number of hydrogen-bond acceptors (Lipinski definition) is 4. The normalized spacial score (nSPS) is 18.3. The van der Waals surface area contributed by atoms with Gasteiger partial charge in [-0.25, -0.2) is 0 Å². The largest absolute Gasteiger partial charge is 0.351 e. The fraction of sp³-hybridized carbons (Fsp3) is 0.462. The van der Waals surface area contributed by atoms with E-state index in [1.807, 2.05) is 6.07 Å². The highest BCUT2D eigenvalue weighted by Crippen LogP contribution is 2.05. The van der Waals surface area contributed by atoms with Crippen molar-refractivity contribution < 1.29 is 4.79 Å². The van der Waals surface area contributed by atoms with Crippen LogP contribution in [0.4, 0.5) is 0 Å². The summed E-state index contributed by atoms with van der Waals surface area (Å²) in [5.74, 6) is 0.319. The maximum atomic E-state index is 11.8. The van der Waals surface area contributed by atoms with Crippen LogP contribution in [-0.4, -0.2) is 28.9 Å². The number of amides is 1. The van der Waals surface area contributed by atoms with E-state index in [1.54, 1.807) is 19.2 Å². The highest BCUT2D eigenvalue weighted by molar-refractivity contribution is 5.82. The monoisotopic (exact) mass is 261 g/mol. The fourth-order valence-electron chi connectivity index (χ4n) is 2.17. The van der Waals surface area contributed by atoms with Crippen LogP contribution in [0.25, 0.3) is 0 Å². The van der Waals surface area contributed by atoms with Crippen molar-refractivity contribution in [1.29, 1.82) is 10.8 Å². The van der Waals surface area contributed by atoms with Gasteiger partial charge in [-0.15, -0.1) is 0 Å². The van der Waals surface area contributed by atoms with Crippen LogP contribution in [0.5, 0.6) is 0 Å². The van der Waals surface area contributed by atoms with Gasteiger partial charge in [0.2, 0.25) is 5.91 Å².